The summed E-state index contributed by atoms with van der Waals surface area (Å²) in [7, 11) is 0. The fraction of sp³-hybridized carbons (Fsp3) is 0.500. The number of pyridine rings is 1. The van der Waals surface area contributed by atoms with E-state index < -0.39 is 0 Å². The number of hydrogen-bond acceptors (Lipinski definition) is 6. The molecule has 1 aliphatic rings. The van der Waals surface area contributed by atoms with E-state index in [1.165, 1.54) is 17.8 Å². The minimum Gasteiger partial charge on any atom is -0.491 e. The summed E-state index contributed by atoms with van der Waals surface area (Å²) in [6, 6.07) is 3.58. The van der Waals surface area contributed by atoms with E-state index in [0.29, 0.717) is 18.1 Å². The van der Waals surface area contributed by atoms with E-state index in [-0.39, 0.29) is 18.3 Å². The third-order valence-electron chi connectivity index (χ3n) is 3.90. The molecule has 0 spiro atoms. The first-order valence-electron chi connectivity index (χ1n) is 8.27. The minimum absolute atomic E-state index is 0.0354. The van der Waals surface area contributed by atoms with Gasteiger partial charge in [0.15, 0.2) is 5.78 Å². The standard InChI is InChI=1S/C18H22N2O3S/c1-12-7-15(23-10-14-5-3-4-6-22-14)8-16(19-12)17(21)9-18-20-13(2)11-24-18/h7-8,11,14H,3-6,9-10H2,1-2H3. The van der Waals surface area contributed by atoms with Crippen LogP contribution in [0.5, 0.6) is 5.75 Å². The summed E-state index contributed by atoms with van der Waals surface area (Å²) in [5, 5.41) is 2.77. The van der Waals surface area contributed by atoms with Crippen LogP contribution in [0.3, 0.4) is 0 Å². The molecule has 0 aromatic carbocycles. The zero-order chi connectivity index (χ0) is 16.9. The number of nitrogens with zero attached hydrogens (tertiary/aromatic N) is 2. The lowest BCUT2D eigenvalue weighted by Crippen LogP contribution is -2.25. The Morgan fingerprint density at radius 1 is 1.29 bits per heavy atom. The maximum absolute atomic E-state index is 12.5. The first-order valence-corrected chi connectivity index (χ1v) is 9.15. The fourth-order valence-corrected chi connectivity index (χ4v) is 3.47. The van der Waals surface area contributed by atoms with Crippen molar-refractivity contribution in [3.63, 3.8) is 0 Å². The molecule has 1 saturated heterocycles. The highest BCUT2D eigenvalue weighted by Crippen LogP contribution is 2.19. The molecule has 0 aliphatic carbocycles. The van der Waals surface area contributed by atoms with Gasteiger partial charge in [-0.3, -0.25) is 4.79 Å². The van der Waals surface area contributed by atoms with Crippen LogP contribution in [-0.4, -0.2) is 35.1 Å². The molecule has 0 radical (unpaired) electrons. The largest absolute Gasteiger partial charge is 0.491 e. The lowest BCUT2D eigenvalue weighted by Gasteiger charge is -2.22. The van der Waals surface area contributed by atoms with E-state index in [0.717, 1.165) is 35.8 Å². The summed E-state index contributed by atoms with van der Waals surface area (Å²) in [6.07, 6.45) is 3.75. The van der Waals surface area contributed by atoms with E-state index in [1.807, 2.05) is 25.3 Å². The molecule has 1 aliphatic heterocycles. The van der Waals surface area contributed by atoms with Gasteiger partial charge >= 0.3 is 0 Å². The second-order valence-corrected chi connectivity index (χ2v) is 7.05. The Balaban J connectivity index is 1.65. The number of ketones is 1. The molecule has 0 N–H and O–H groups in total. The first-order chi connectivity index (χ1) is 11.6. The van der Waals surface area contributed by atoms with Crippen LogP contribution >= 0.6 is 11.3 Å². The Kier molecular flexibility index (Phi) is 5.58. The zero-order valence-electron chi connectivity index (χ0n) is 14.1. The molecule has 2 aromatic rings. The number of Topliss-reactive ketones (excluding diaryl/α,β-unsaturated/α-hetero) is 1. The fourth-order valence-electron chi connectivity index (χ4n) is 2.70. The summed E-state index contributed by atoms with van der Waals surface area (Å²) in [5.74, 6) is 0.641. The Morgan fingerprint density at radius 2 is 2.17 bits per heavy atom. The van der Waals surface area contributed by atoms with Gasteiger partial charge in [0.25, 0.3) is 0 Å². The molecule has 0 bridgehead atoms. The molecule has 5 nitrogen and oxygen atoms in total. The number of carbonyl (C=O) groups excluding carboxylic acids is 1. The monoisotopic (exact) mass is 346 g/mol. The van der Waals surface area contributed by atoms with Gasteiger partial charge in [-0.15, -0.1) is 11.3 Å². The lowest BCUT2D eigenvalue weighted by atomic mass is 10.1. The topological polar surface area (TPSA) is 61.3 Å². The van der Waals surface area contributed by atoms with E-state index in [1.54, 1.807) is 6.07 Å². The van der Waals surface area contributed by atoms with Gasteiger partial charge in [0, 0.05) is 35.5 Å². The van der Waals surface area contributed by atoms with Crippen LogP contribution < -0.4 is 4.74 Å². The number of hydrogen-bond donors (Lipinski definition) is 0. The predicted octanol–water partition coefficient (Wildman–Crippen LogP) is 3.53. The van der Waals surface area contributed by atoms with Gasteiger partial charge in [-0.2, -0.15) is 0 Å². The molecule has 3 heterocycles. The molecule has 1 atom stereocenters. The van der Waals surface area contributed by atoms with Gasteiger partial charge in [0.2, 0.25) is 0 Å². The van der Waals surface area contributed by atoms with Crippen molar-refractivity contribution in [1.29, 1.82) is 0 Å². The molecule has 0 amide bonds. The van der Waals surface area contributed by atoms with Gasteiger partial charge in [-0.1, -0.05) is 0 Å². The summed E-state index contributed by atoms with van der Waals surface area (Å²) in [5.41, 5.74) is 2.15. The number of rotatable bonds is 6. The zero-order valence-corrected chi connectivity index (χ0v) is 14.9. The number of carbonyl (C=O) groups is 1. The van der Waals surface area contributed by atoms with Gasteiger partial charge in [-0.25, -0.2) is 9.97 Å². The van der Waals surface area contributed by atoms with Crippen molar-refractivity contribution in [3.8, 4) is 5.75 Å². The maximum atomic E-state index is 12.5. The highest BCUT2D eigenvalue weighted by atomic mass is 32.1. The molecule has 128 valence electrons. The van der Waals surface area contributed by atoms with E-state index in [2.05, 4.69) is 9.97 Å². The van der Waals surface area contributed by atoms with Crippen LogP contribution in [0.4, 0.5) is 0 Å². The molecule has 1 unspecified atom stereocenters. The van der Waals surface area contributed by atoms with Crippen LogP contribution in [0.25, 0.3) is 0 Å². The number of thiazole rings is 1. The van der Waals surface area contributed by atoms with Crippen molar-refractivity contribution in [1.82, 2.24) is 9.97 Å². The Hall–Kier alpha value is -1.79. The van der Waals surface area contributed by atoms with Crippen LogP contribution in [-0.2, 0) is 11.2 Å². The van der Waals surface area contributed by atoms with Gasteiger partial charge in [-0.05, 0) is 33.1 Å². The van der Waals surface area contributed by atoms with Crippen LogP contribution in [0, 0.1) is 13.8 Å². The highest BCUT2D eigenvalue weighted by molar-refractivity contribution is 7.09. The van der Waals surface area contributed by atoms with E-state index in [4.69, 9.17) is 9.47 Å². The van der Waals surface area contributed by atoms with Gasteiger partial charge < -0.3 is 9.47 Å². The van der Waals surface area contributed by atoms with E-state index >= 15 is 0 Å². The van der Waals surface area contributed by atoms with Crippen LogP contribution in [0.1, 0.15) is 46.1 Å². The van der Waals surface area contributed by atoms with E-state index in [9.17, 15) is 4.79 Å². The van der Waals surface area contributed by atoms with Crippen LogP contribution in [0.2, 0.25) is 0 Å². The normalized spacial score (nSPS) is 17.7. The maximum Gasteiger partial charge on any atom is 0.188 e. The molecular weight excluding hydrogens is 324 g/mol. The highest BCUT2D eigenvalue weighted by Gasteiger charge is 2.16. The predicted molar refractivity (Wildman–Crippen MR) is 92.9 cm³/mol. The Morgan fingerprint density at radius 3 is 2.88 bits per heavy atom. The first kappa shape index (κ1) is 17.0. The summed E-state index contributed by atoms with van der Waals surface area (Å²) in [6.45, 7) is 5.12. The average Bonchev–Trinajstić information content (AvgIpc) is 2.98. The average molecular weight is 346 g/mol. The van der Waals surface area contributed by atoms with Crippen molar-refractivity contribution >= 4 is 17.1 Å². The van der Waals surface area contributed by atoms with Crippen molar-refractivity contribution in [2.75, 3.05) is 13.2 Å². The quantitative estimate of drug-likeness (QED) is 0.749. The molecule has 1 fully saturated rings. The van der Waals surface area contributed by atoms with Crippen molar-refractivity contribution in [2.24, 2.45) is 0 Å². The smallest absolute Gasteiger partial charge is 0.188 e. The molecule has 2 aromatic heterocycles. The van der Waals surface area contributed by atoms with Crippen LogP contribution in [0.15, 0.2) is 17.5 Å². The molecule has 24 heavy (non-hydrogen) atoms. The third-order valence-corrected chi connectivity index (χ3v) is 4.87. The summed E-state index contributed by atoms with van der Waals surface area (Å²) < 4.78 is 11.5. The van der Waals surface area contributed by atoms with Crippen molar-refractivity contribution < 1.29 is 14.3 Å². The number of ether oxygens (including phenoxy) is 2. The van der Waals surface area contributed by atoms with Gasteiger partial charge in [0.1, 0.15) is 23.1 Å². The second-order valence-electron chi connectivity index (χ2n) is 6.11. The Bertz CT molecular complexity index is 708. The minimum atomic E-state index is -0.0354. The van der Waals surface area contributed by atoms with Crippen molar-refractivity contribution in [3.05, 3.63) is 39.6 Å². The molecule has 6 heteroatoms. The van der Waals surface area contributed by atoms with Gasteiger partial charge in [0.05, 0.1) is 12.5 Å². The molecule has 3 rings (SSSR count). The van der Waals surface area contributed by atoms with Crippen molar-refractivity contribution in [2.45, 2.75) is 45.6 Å². The number of aryl methyl sites for hydroxylation is 2. The second kappa shape index (κ2) is 7.85. The SMILES string of the molecule is Cc1cc(OCC2CCCCO2)cc(C(=O)Cc2nc(C)cs2)n1. The number of aromatic nitrogens is 2. The summed E-state index contributed by atoms with van der Waals surface area (Å²) in [4.78, 5) is 21.1. The lowest BCUT2D eigenvalue weighted by molar-refractivity contribution is -0.0111. The summed E-state index contributed by atoms with van der Waals surface area (Å²) >= 11 is 1.50. The molecular formula is C18H22N2O3S. The third kappa shape index (κ3) is 4.61. The Labute approximate surface area is 146 Å². The molecule has 0 saturated carbocycles.